The highest BCUT2D eigenvalue weighted by Crippen LogP contribution is 2.30. The zero-order chi connectivity index (χ0) is 23.0. The van der Waals surface area contributed by atoms with E-state index in [9.17, 15) is 19.7 Å². The number of aromatic nitrogens is 1. The number of nitro benzene ring substituents is 1. The number of carbonyl (C=O) groups excluding carboxylic acids is 2. The number of nitro groups is 1. The fourth-order valence-corrected chi connectivity index (χ4v) is 5.44. The molecule has 164 valence electrons. The number of carbonyl (C=O) groups is 2. The summed E-state index contributed by atoms with van der Waals surface area (Å²) in [6, 6.07) is 9.60. The predicted octanol–water partition coefficient (Wildman–Crippen LogP) is 5.09. The molecule has 0 bridgehead atoms. The van der Waals surface area contributed by atoms with E-state index in [4.69, 9.17) is 16.3 Å². The van der Waals surface area contributed by atoms with Crippen molar-refractivity contribution < 1.29 is 19.2 Å². The van der Waals surface area contributed by atoms with Crippen molar-refractivity contribution in [1.29, 1.82) is 0 Å². The summed E-state index contributed by atoms with van der Waals surface area (Å²) in [6.45, 7) is 3.68. The summed E-state index contributed by atoms with van der Waals surface area (Å²) < 4.78 is 8.29. The third-order valence-electron chi connectivity index (χ3n) is 4.74. The van der Waals surface area contributed by atoms with Crippen molar-refractivity contribution in [2.75, 3.05) is 6.61 Å². The maximum absolute atomic E-state index is 13.0. The Morgan fingerprint density at radius 2 is 1.94 bits per heavy atom. The maximum Gasteiger partial charge on any atom is 0.326 e. The van der Waals surface area contributed by atoms with E-state index in [1.165, 1.54) is 34.8 Å². The molecule has 11 heteroatoms. The first kappa shape index (κ1) is 22.1. The average molecular weight is 490 g/mol. The van der Waals surface area contributed by atoms with Crippen molar-refractivity contribution in [3.63, 3.8) is 0 Å². The van der Waals surface area contributed by atoms with E-state index in [0.29, 0.717) is 25.6 Å². The van der Waals surface area contributed by atoms with Crippen LogP contribution < -0.4 is 4.80 Å². The molecular formula is C21H16ClN3O5S2. The lowest BCUT2D eigenvalue weighted by molar-refractivity contribution is -0.384. The fourth-order valence-electron chi connectivity index (χ4n) is 3.27. The average Bonchev–Trinajstić information content (AvgIpc) is 3.32. The van der Waals surface area contributed by atoms with Crippen LogP contribution in [0.5, 0.6) is 0 Å². The van der Waals surface area contributed by atoms with Gasteiger partial charge in [-0.2, -0.15) is 4.99 Å². The number of amides is 1. The van der Waals surface area contributed by atoms with Gasteiger partial charge in [0.05, 0.1) is 26.6 Å². The van der Waals surface area contributed by atoms with E-state index in [1.54, 1.807) is 29.7 Å². The third-order valence-corrected chi connectivity index (χ3v) is 7.30. The van der Waals surface area contributed by atoms with Crippen LogP contribution >= 0.6 is 34.3 Å². The molecule has 0 saturated carbocycles. The Balaban J connectivity index is 1.83. The van der Waals surface area contributed by atoms with Gasteiger partial charge in [-0.25, -0.2) is 0 Å². The molecule has 0 aliphatic carbocycles. The summed E-state index contributed by atoms with van der Waals surface area (Å²) in [4.78, 5) is 40.7. The first-order valence-corrected chi connectivity index (χ1v) is 11.5. The van der Waals surface area contributed by atoms with Crippen molar-refractivity contribution in [2.45, 2.75) is 20.4 Å². The van der Waals surface area contributed by atoms with Gasteiger partial charge in [0.2, 0.25) is 0 Å². The minimum Gasteiger partial charge on any atom is -0.465 e. The monoisotopic (exact) mass is 489 g/mol. The molecule has 0 aliphatic rings. The normalized spacial score (nSPS) is 11.9. The second-order valence-corrected chi connectivity index (χ2v) is 9.30. The molecule has 0 unspecified atom stereocenters. The number of thiophene rings is 1. The predicted molar refractivity (Wildman–Crippen MR) is 125 cm³/mol. The number of esters is 1. The van der Waals surface area contributed by atoms with Crippen LogP contribution in [0.3, 0.4) is 0 Å². The van der Waals surface area contributed by atoms with Gasteiger partial charge in [-0.3, -0.25) is 19.7 Å². The van der Waals surface area contributed by atoms with Crippen molar-refractivity contribution in [1.82, 2.24) is 4.57 Å². The van der Waals surface area contributed by atoms with Gasteiger partial charge in [0.25, 0.3) is 11.6 Å². The molecular weight excluding hydrogens is 474 g/mol. The van der Waals surface area contributed by atoms with E-state index in [1.807, 2.05) is 13.0 Å². The van der Waals surface area contributed by atoms with Gasteiger partial charge in [-0.05, 0) is 43.7 Å². The van der Waals surface area contributed by atoms with Gasteiger partial charge in [0.15, 0.2) is 4.80 Å². The number of hydrogen-bond donors (Lipinski definition) is 0. The highest BCUT2D eigenvalue weighted by Gasteiger charge is 2.17. The second kappa shape index (κ2) is 8.81. The zero-order valence-electron chi connectivity index (χ0n) is 17.0. The molecule has 0 saturated heterocycles. The number of non-ortho nitro benzene ring substituents is 1. The van der Waals surface area contributed by atoms with E-state index in [2.05, 4.69) is 4.99 Å². The molecule has 2 heterocycles. The number of thiazole rings is 1. The van der Waals surface area contributed by atoms with Gasteiger partial charge >= 0.3 is 5.97 Å². The third kappa shape index (κ3) is 4.16. The second-order valence-electron chi connectivity index (χ2n) is 6.80. The topological polar surface area (TPSA) is 104 Å². The van der Waals surface area contributed by atoms with Crippen molar-refractivity contribution in [3.05, 3.63) is 66.8 Å². The summed E-state index contributed by atoms with van der Waals surface area (Å²) in [5.74, 6) is -0.948. The smallest absolute Gasteiger partial charge is 0.326 e. The number of fused-ring (bicyclic) bond motifs is 2. The zero-order valence-corrected chi connectivity index (χ0v) is 19.3. The van der Waals surface area contributed by atoms with Crippen molar-refractivity contribution in [2.24, 2.45) is 4.99 Å². The van der Waals surface area contributed by atoms with Crippen LogP contribution in [0.2, 0.25) is 5.02 Å². The largest absolute Gasteiger partial charge is 0.465 e. The molecule has 4 rings (SSSR count). The lowest BCUT2D eigenvalue weighted by Crippen LogP contribution is -2.23. The number of nitrogens with zero attached hydrogens (tertiary/aromatic N) is 3. The van der Waals surface area contributed by atoms with Crippen LogP contribution in [-0.4, -0.2) is 28.0 Å². The maximum atomic E-state index is 13.0. The Kier molecular flexibility index (Phi) is 6.09. The van der Waals surface area contributed by atoms with Crippen LogP contribution in [0.4, 0.5) is 5.69 Å². The highest BCUT2D eigenvalue weighted by molar-refractivity contribution is 7.21. The van der Waals surface area contributed by atoms with Crippen LogP contribution in [0.15, 0.2) is 41.4 Å². The van der Waals surface area contributed by atoms with Crippen LogP contribution in [0, 0.1) is 17.0 Å². The van der Waals surface area contributed by atoms with Gasteiger partial charge in [0, 0.05) is 27.2 Å². The summed E-state index contributed by atoms with van der Waals surface area (Å²) in [6.07, 6.45) is 0. The lowest BCUT2D eigenvalue weighted by atomic mass is 10.2. The molecule has 2 aromatic heterocycles. The number of halogens is 1. The molecule has 0 atom stereocenters. The van der Waals surface area contributed by atoms with Crippen LogP contribution in [-0.2, 0) is 16.1 Å². The van der Waals surface area contributed by atoms with E-state index in [-0.39, 0.29) is 18.8 Å². The van der Waals surface area contributed by atoms with Gasteiger partial charge in [-0.15, -0.1) is 11.3 Å². The first-order chi connectivity index (χ1) is 15.3. The van der Waals surface area contributed by atoms with Crippen molar-refractivity contribution >= 4 is 72.1 Å². The van der Waals surface area contributed by atoms with Crippen LogP contribution in [0.25, 0.3) is 20.3 Å². The van der Waals surface area contributed by atoms with Crippen molar-refractivity contribution in [3.8, 4) is 0 Å². The Hall–Kier alpha value is -3.08. The van der Waals surface area contributed by atoms with Gasteiger partial charge in [-0.1, -0.05) is 22.9 Å². The quantitative estimate of drug-likeness (QED) is 0.220. The highest BCUT2D eigenvalue weighted by atomic mass is 35.5. The summed E-state index contributed by atoms with van der Waals surface area (Å²) >= 11 is 8.75. The number of rotatable bonds is 5. The SMILES string of the molecule is CCOC(=O)Cn1c(=NC(=O)c2cc3cc([N+](=O)[O-])ccc3s2)sc2ccc(Cl)c(C)c21. The molecule has 32 heavy (non-hydrogen) atoms. The molecule has 0 spiro atoms. The first-order valence-electron chi connectivity index (χ1n) is 9.49. The Morgan fingerprint density at radius 3 is 2.66 bits per heavy atom. The minimum atomic E-state index is -0.498. The molecule has 2 aromatic carbocycles. The Labute approximate surface area is 194 Å². The Bertz CT molecular complexity index is 1470. The summed E-state index contributed by atoms with van der Waals surface area (Å²) in [7, 11) is 0. The summed E-state index contributed by atoms with van der Waals surface area (Å²) in [5, 5.41) is 12.1. The summed E-state index contributed by atoms with van der Waals surface area (Å²) in [5.41, 5.74) is 1.44. The van der Waals surface area contributed by atoms with E-state index >= 15 is 0 Å². The van der Waals surface area contributed by atoms with E-state index in [0.717, 1.165) is 15.0 Å². The number of benzene rings is 2. The lowest BCUT2D eigenvalue weighted by Gasteiger charge is -2.07. The molecule has 0 aliphatic heterocycles. The van der Waals surface area contributed by atoms with E-state index < -0.39 is 16.8 Å². The number of aryl methyl sites for hydroxylation is 1. The molecule has 8 nitrogen and oxygen atoms in total. The number of ether oxygens (including phenoxy) is 1. The van der Waals surface area contributed by atoms with Gasteiger partial charge < -0.3 is 9.30 Å². The molecule has 0 fully saturated rings. The minimum absolute atomic E-state index is 0.0459. The molecule has 0 radical (unpaired) electrons. The standard InChI is InChI=1S/C21H16ClN3O5S2/c1-3-30-18(26)10-24-19-11(2)14(22)5-7-16(19)32-21(24)23-20(27)17-9-12-8-13(25(28)29)4-6-15(12)31-17/h4-9H,3,10H2,1-2H3. The fraction of sp³-hybridized carbons (Fsp3) is 0.190. The molecule has 1 amide bonds. The molecule has 4 aromatic rings. The van der Waals surface area contributed by atoms with Crippen LogP contribution in [0.1, 0.15) is 22.2 Å². The van der Waals surface area contributed by atoms with Gasteiger partial charge in [0.1, 0.15) is 6.54 Å². The molecule has 0 N–H and O–H groups in total. The Morgan fingerprint density at radius 1 is 1.19 bits per heavy atom. The number of hydrogen-bond acceptors (Lipinski definition) is 7.